The molecule has 6 nitrogen and oxygen atoms in total. The van der Waals surface area contributed by atoms with Crippen molar-refractivity contribution in [2.24, 2.45) is 9.98 Å². The Morgan fingerprint density at radius 3 is 1.62 bits per heavy atom. The molecule has 228 valence electrons. The zero-order chi connectivity index (χ0) is 31.6. The minimum atomic E-state index is -0.396. The highest BCUT2D eigenvalue weighted by Crippen LogP contribution is 2.24. The Morgan fingerprint density at radius 2 is 1.20 bits per heavy atom. The molecule has 8 heteroatoms. The van der Waals surface area contributed by atoms with Crippen molar-refractivity contribution in [2.75, 3.05) is 6.61 Å². The molecule has 2 aliphatic heterocycles. The van der Waals surface area contributed by atoms with E-state index in [-0.39, 0.29) is 18.2 Å². The number of halogens is 2. The Kier molecular flexibility index (Phi) is 10.4. The van der Waals surface area contributed by atoms with E-state index in [4.69, 9.17) is 14.6 Å². The fraction of sp³-hybridized carbons (Fsp3) is 0.162. The van der Waals surface area contributed by atoms with Crippen molar-refractivity contribution in [3.63, 3.8) is 0 Å². The summed E-state index contributed by atoms with van der Waals surface area (Å²) in [6.45, 7) is 2.12. The van der Waals surface area contributed by atoms with E-state index in [2.05, 4.69) is 9.98 Å². The van der Waals surface area contributed by atoms with Gasteiger partial charge in [0.25, 0.3) is 0 Å². The molecule has 2 heterocycles. The number of benzene rings is 4. The fourth-order valence-electron chi connectivity index (χ4n) is 4.69. The summed E-state index contributed by atoms with van der Waals surface area (Å²) in [6, 6.07) is 28.9. The Bertz CT molecular complexity index is 1780. The second-order valence-corrected chi connectivity index (χ2v) is 10.4. The summed E-state index contributed by atoms with van der Waals surface area (Å²) in [5.74, 6) is 0.0835. The van der Waals surface area contributed by atoms with Crippen LogP contribution in [0.25, 0.3) is 0 Å². The molecule has 0 fully saturated rings. The lowest BCUT2D eigenvalue weighted by molar-refractivity contribution is -0.113. The molecule has 0 unspecified atom stereocenters. The van der Waals surface area contributed by atoms with Gasteiger partial charge in [-0.2, -0.15) is 0 Å². The van der Waals surface area contributed by atoms with E-state index in [1.807, 2.05) is 60.7 Å². The highest BCUT2D eigenvalue weighted by atomic mass is 19.1. The van der Waals surface area contributed by atoms with Gasteiger partial charge >= 0.3 is 0 Å². The predicted molar refractivity (Wildman–Crippen MR) is 171 cm³/mol. The van der Waals surface area contributed by atoms with E-state index in [1.54, 1.807) is 36.4 Å². The zero-order valence-electron chi connectivity index (χ0n) is 24.8. The van der Waals surface area contributed by atoms with Crippen molar-refractivity contribution in [3.8, 4) is 11.5 Å². The highest BCUT2D eigenvalue weighted by Gasteiger charge is 2.17. The van der Waals surface area contributed by atoms with Gasteiger partial charge in [0.15, 0.2) is 5.78 Å². The fourth-order valence-corrected chi connectivity index (χ4v) is 4.69. The van der Waals surface area contributed by atoms with E-state index in [0.717, 1.165) is 11.1 Å². The number of allylic oxidation sites excluding steroid dienone is 3. The van der Waals surface area contributed by atoms with Gasteiger partial charge in [0.1, 0.15) is 42.0 Å². The molecule has 0 aromatic heterocycles. The van der Waals surface area contributed by atoms with Crippen molar-refractivity contribution in [1.82, 2.24) is 0 Å². The summed E-state index contributed by atoms with van der Waals surface area (Å²) in [5, 5.41) is 9.03. The second-order valence-electron chi connectivity index (χ2n) is 10.4. The lowest BCUT2D eigenvalue weighted by Gasteiger charge is -2.08. The third-order valence-electron chi connectivity index (χ3n) is 7.08. The number of carbonyl (C=O) groups excluding carboxylic acids is 1. The van der Waals surface area contributed by atoms with Gasteiger partial charge in [-0.05, 0) is 41.5 Å². The van der Waals surface area contributed by atoms with Gasteiger partial charge < -0.3 is 14.6 Å². The highest BCUT2D eigenvalue weighted by molar-refractivity contribution is 6.08. The monoisotopic (exact) mass is 606 g/mol. The van der Waals surface area contributed by atoms with E-state index < -0.39 is 5.82 Å². The van der Waals surface area contributed by atoms with Gasteiger partial charge in [-0.15, -0.1) is 0 Å². The lowest BCUT2D eigenvalue weighted by Crippen LogP contribution is -2.02. The van der Waals surface area contributed by atoms with Crippen molar-refractivity contribution in [1.29, 1.82) is 0 Å². The molecule has 1 N–H and O–H groups in total. The molecule has 0 bridgehead atoms. The predicted octanol–water partition coefficient (Wildman–Crippen LogP) is 7.54. The van der Waals surface area contributed by atoms with Gasteiger partial charge in [0.2, 0.25) is 0 Å². The average Bonchev–Trinajstić information content (AvgIpc) is 3.75. The van der Waals surface area contributed by atoms with Gasteiger partial charge in [0.05, 0.1) is 23.7 Å². The SMILES string of the molecule is CC(=O)C1=CCC(c2ccc(OCc3ccccc3)cc2F)=N1.OCC1=CCC(c2ccc(OCc3ccccc3)cc2F)=N1. The lowest BCUT2D eigenvalue weighted by atomic mass is 10.1. The Balaban J connectivity index is 0.000000178. The smallest absolute Gasteiger partial charge is 0.177 e. The van der Waals surface area contributed by atoms with E-state index in [0.29, 0.717) is 71.5 Å². The molecule has 0 saturated carbocycles. The van der Waals surface area contributed by atoms with Gasteiger partial charge in [-0.1, -0.05) is 66.7 Å². The number of ether oxygens (including phenoxy) is 2. The summed E-state index contributed by atoms with van der Waals surface area (Å²) in [7, 11) is 0. The van der Waals surface area contributed by atoms with Crippen molar-refractivity contribution in [2.45, 2.75) is 33.0 Å². The molecule has 0 spiro atoms. The molecular weight excluding hydrogens is 574 g/mol. The quantitative estimate of drug-likeness (QED) is 0.202. The molecule has 2 aliphatic rings. The van der Waals surface area contributed by atoms with Gasteiger partial charge in [0, 0.05) is 43.0 Å². The maximum atomic E-state index is 14.3. The third-order valence-corrected chi connectivity index (χ3v) is 7.08. The standard InChI is InChI=1S/C19H16FNO2.C18H16FNO2/c1-13(22)18-9-10-19(21-18)16-8-7-15(11-17(16)20)23-12-14-5-3-2-4-6-14;19-17-10-15(22-12-13-4-2-1-3-5-13)7-8-16(17)18-9-6-14(11-21)20-18/h2-9,11H,10,12H2,1H3;1-8,10,21H,9,11-12H2. The minimum absolute atomic E-state index is 0.108. The van der Waals surface area contributed by atoms with Crippen LogP contribution < -0.4 is 9.47 Å². The van der Waals surface area contributed by atoms with Crippen molar-refractivity contribution >= 4 is 17.2 Å². The summed E-state index contributed by atoms with van der Waals surface area (Å²) in [4.78, 5) is 19.7. The zero-order valence-corrected chi connectivity index (χ0v) is 24.8. The van der Waals surface area contributed by atoms with Crippen LogP contribution in [0.4, 0.5) is 8.78 Å². The van der Waals surface area contributed by atoms with Crippen LogP contribution in [0.3, 0.4) is 0 Å². The third kappa shape index (κ3) is 8.46. The molecule has 4 aromatic carbocycles. The van der Waals surface area contributed by atoms with Gasteiger partial charge in [-0.25, -0.2) is 13.8 Å². The Hall–Kier alpha value is -5.21. The van der Waals surface area contributed by atoms with Crippen molar-refractivity contribution in [3.05, 3.63) is 154 Å². The van der Waals surface area contributed by atoms with Crippen LogP contribution in [0.5, 0.6) is 11.5 Å². The van der Waals surface area contributed by atoms with Gasteiger partial charge in [-0.3, -0.25) is 9.79 Å². The number of hydrogen-bond acceptors (Lipinski definition) is 6. The number of aliphatic hydroxyl groups is 1. The number of ketones is 1. The van der Waals surface area contributed by atoms with Crippen LogP contribution in [0.2, 0.25) is 0 Å². The first-order valence-electron chi connectivity index (χ1n) is 14.5. The van der Waals surface area contributed by atoms with Crippen LogP contribution in [0.1, 0.15) is 42.0 Å². The Labute approximate surface area is 260 Å². The number of hydrogen-bond donors (Lipinski definition) is 1. The number of Topliss-reactive ketones (excluding diaryl/α,β-unsaturated/α-hetero) is 1. The van der Waals surface area contributed by atoms with E-state index in [1.165, 1.54) is 19.1 Å². The number of aliphatic hydroxyl groups excluding tert-OH is 1. The molecule has 0 saturated heterocycles. The number of rotatable bonds is 10. The number of aliphatic imine (C=N–C) groups is 2. The molecule has 0 aliphatic carbocycles. The molecule has 45 heavy (non-hydrogen) atoms. The summed E-state index contributed by atoms with van der Waals surface area (Å²) in [6.07, 6.45) is 4.53. The average molecular weight is 607 g/mol. The van der Waals surface area contributed by atoms with Crippen molar-refractivity contribution < 1.29 is 28.2 Å². The minimum Gasteiger partial charge on any atom is -0.489 e. The maximum Gasteiger partial charge on any atom is 0.177 e. The van der Waals surface area contributed by atoms with Crippen LogP contribution in [-0.4, -0.2) is 28.9 Å². The normalized spacial score (nSPS) is 13.6. The second kappa shape index (κ2) is 15.0. The molecular formula is C37H32F2N2O4. The topological polar surface area (TPSA) is 80.5 Å². The summed E-state index contributed by atoms with van der Waals surface area (Å²) >= 11 is 0. The largest absolute Gasteiger partial charge is 0.489 e. The first-order valence-corrected chi connectivity index (χ1v) is 14.5. The molecule has 0 amide bonds. The summed E-state index contributed by atoms with van der Waals surface area (Å²) in [5.41, 5.74) is 5.09. The summed E-state index contributed by atoms with van der Waals surface area (Å²) < 4.78 is 39.7. The van der Waals surface area contributed by atoms with Crippen LogP contribution >= 0.6 is 0 Å². The number of carbonyl (C=O) groups is 1. The number of nitrogens with zero attached hydrogens (tertiary/aromatic N) is 2. The van der Waals surface area contributed by atoms with E-state index in [9.17, 15) is 13.6 Å². The Morgan fingerprint density at radius 1 is 0.711 bits per heavy atom. The van der Waals surface area contributed by atoms with E-state index >= 15 is 0 Å². The molecule has 0 atom stereocenters. The molecule has 0 radical (unpaired) electrons. The first kappa shape index (κ1) is 31.2. The maximum absolute atomic E-state index is 14.3. The first-order chi connectivity index (χ1) is 21.9. The molecule has 4 aromatic rings. The van der Waals surface area contributed by atoms with Crippen LogP contribution in [0, 0.1) is 11.6 Å². The van der Waals surface area contributed by atoms with Crippen LogP contribution in [-0.2, 0) is 18.0 Å². The molecule has 6 rings (SSSR count). The van der Waals surface area contributed by atoms with Crippen LogP contribution in [0.15, 0.2) is 131 Å².